The molecule has 1 N–H and O–H groups in total. The van der Waals surface area contributed by atoms with Crippen molar-refractivity contribution < 1.29 is 13.2 Å². The van der Waals surface area contributed by atoms with Crippen LogP contribution in [0.4, 0.5) is 0 Å². The van der Waals surface area contributed by atoms with E-state index in [4.69, 9.17) is 4.74 Å². The first-order chi connectivity index (χ1) is 13.8. The largest absolute Gasteiger partial charge is 0.497 e. The van der Waals surface area contributed by atoms with E-state index in [1.165, 1.54) is 0 Å². The van der Waals surface area contributed by atoms with Gasteiger partial charge in [0.25, 0.3) is 0 Å². The number of methoxy groups -OCH3 is 1. The smallest absolute Gasteiger partial charge is 0.308 e. The maximum atomic E-state index is 13.1. The summed E-state index contributed by atoms with van der Waals surface area (Å²) in [6.07, 6.45) is 2.57. The van der Waals surface area contributed by atoms with E-state index in [9.17, 15) is 13.2 Å². The number of ether oxygens (including phenoxy) is 1. The molecule has 0 saturated heterocycles. The van der Waals surface area contributed by atoms with Crippen LogP contribution in [0.15, 0.2) is 46.1 Å². The molecule has 29 heavy (non-hydrogen) atoms. The summed E-state index contributed by atoms with van der Waals surface area (Å²) in [6.45, 7) is 3.88. The Morgan fingerprint density at radius 1 is 1.21 bits per heavy atom. The number of thiazole rings is 1. The number of hydrogen-bond acceptors (Lipinski definition) is 5. The van der Waals surface area contributed by atoms with Gasteiger partial charge in [0, 0.05) is 12.1 Å². The number of hydrogen-bond donors (Lipinski definition) is 1. The highest BCUT2D eigenvalue weighted by atomic mass is 32.2. The number of aromatic nitrogens is 1. The molecule has 1 aromatic heterocycles. The van der Waals surface area contributed by atoms with Gasteiger partial charge >= 0.3 is 4.87 Å². The summed E-state index contributed by atoms with van der Waals surface area (Å²) in [6, 6.07) is 10.4. The first-order valence-electron chi connectivity index (χ1n) is 9.64. The van der Waals surface area contributed by atoms with Crippen molar-refractivity contribution in [1.29, 1.82) is 0 Å². The molecule has 1 heterocycles. The van der Waals surface area contributed by atoms with Gasteiger partial charge in [-0.15, -0.1) is 0 Å². The van der Waals surface area contributed by atoms with Gasteiger partial charge in [-0.25, -0.2) is 13.1 Å². The molecule has 1 atom stereocenters. The van der Waals surface area contributed by atoms with E-state index in [2.05, 4.69) is 4.72 Å². The lowest BCUT2D eigenvalue weighted by molar-refractivity contribution is 0.412. The van der Waals surface area contributed by atoms with E-state index in [0.29, 0.717) is 4.70 Å². The first-order valence-corrected chi connectivity index (χ1v) is 11.9. The summed E-state index contributed by atoms with van der Waals surface area (Å²) < 4.78 is 36.7. The highest BCUT2D eigenvalue weighted by molar-refractivity contribution is 7.89. The Morgan fingerprint density at radius 3 is 2.72 bits per heavy atom. The normalized spacial score (nSPS) is 16.9. The zero-order valence-electron chi connectivity index (χ0n) is 16.6. The van der Waals surface area contributed by atoms with Gasteiger partial charge in [0.05, 0.1) is 22.2 Å². The molecular weight excluding hydrogens is 408 g/mol. The van der Waals surface area contributed by atoms with Crippen LogP contribution in [0, 0.1) is 0 Å². The molecule has 4 rings (SSSR count). The minimum Gasteiger partial charge on any atom is -0.497 e. The van der Waals surface area contributed by atoms with Crippen LogP contribution in [-0.2, 0) is 16.4 Å². The van der Waals surface area contributed by atoms with Gasteiger partial charge < -0.3 is 4.74 Å². The number of benzene rings is 2. The van der Waals surface area contributed by atoms with E-state index in [1.54, 1.807) is 29.9 Å². The van der Waals surface area contributed by atoms with E-state index in [-0.39, 0.29) is 21.9 Å². The summed E-state index contributed by atoms with van der Waals surface area (Å²) >= 11 is 1.08. The van der Waals surface area contributed by atoms with Gasteiger partial charge in [-0.2, -0.15) is 0 Å². The molecule has 0 saturated carbocycles. The van der Waals surface area contributed by atoms with Crippen molar-refractivity contribution in [2.45, 2.75) is 50.1 Å². The molecule has 2 aromatic carbocycles. The van der Waals surface area contributed by atoms with Crippen LogP contribution in [0.25, 0.3) is 10.2 Å². The number of aryl methyl sites for hydroxylation is 1. The minimum atomic E-state index is -3.72. The van der Waals surface area contributed by atoms with Crippen LogP contribution >= 0.6 is 11.3 Å². The van der Waals surface area contributed by atoms with E-state index in [0.717, 1.165) is 53.0 Å². The fourth-order valence-electron chi connectivity index (χ4n) is 3.97. The number of rotatable bonds is 5. The van der Waals surface area contributed by atoms with Crippen molar-refractivity contribution in [2.75, 3.05) is 7.11 Å². The summed E-state index contributed by atoms with van der Waals surface area (Å²) in [5.41, 5.74) is 2.88. The molecule has 0 fully saturated rings. The van der Waals surface area contributed by atoms with E-state index >= 15 is 0 Å². The van der Waals surface area contributed by atoms with Crippen molar-refractivity contribution in [2.24, 2.45) is 0 Å². The average Bonchev–Trinajstić information content (AvgIpc) is 3.02. The Hall–Kier alpha value is -2.16. The van der Waals surface area contributed by atoms with Crippen LogP contribution in [0.5, 0.6) is 5.75 Å². The lowest BCUT2D eigenvalue weighted by Gasteiger charge is -2.26. The summed E-state index contributed by atoms with van der Waals surface area (Å²) in [4.78, 5) is 12.4. The third-order valence-corrected chi connectivity index (χ3v) is 7.76. The molecule has 3 aromatic rings. The minimum absolute atomic E-state index is 0.0209. The number of nitrogens with one attached hydrogen (secondary N) is 1. The monoisotopic (exact) mass is 432 g/mol. The van der Waals surface area contributed by atoms with Crippen LogP contribution < -0.4 is 14.3 Å². The molecule has 0 spiro atoms. The van der Waals surface area contributed by atoms with Gasteiger partial charge in [-0.3, -0.25) is 9.36 Å². The molecule has 154 valence electrons. The van der Waals surface area contributed by atoms with Gasteiger partial charge in [0.1, 0.15) is 5.75 Å². The number of sulfonamides is 1. The molecule has 0 aliphatic heterocycles. The number of nitrogens with zero attached hydrogens (tertiary/aromatic N) is 1. The third-order valence-electron chi connectivity index (χ3n) is 5.37. The van der Waals surface area contributed by atoms with Crippen molar-refractivity contribution in [3.05, 3.63) is 57.2 Å². The lowest BCUT2D eigenvalue weighted by Crippen LogP contribution is -2.31. The lowest BCUT2D eigenvalue weighted by atomic mass is 9.88. The van der Waals surface area contributed by atoms with Gasteiger partial charge in [-0.05, 0) is 74.6 Å². The highest BCUT2D eigenvalue weighted by Gasteiger charge is 2.26. The Morgan fingerprint density at radius 2 is 2.00 bits per heavy atom. The summed E-state index contributed by atoms with van der Waals surface area (Å²) in [7, 11) is -2.09. The quantitative estimate of drug-likeness (QED) is 0.661. The molecule has 0 unspecified atom stereocenters. The van der Waals surface area contributed by atoms with Crippen molar-refractivity contribution in [3.63, 3.8) is 0 Å². The zero-order chi connectivity index (χ0) is 20.8. The van der Waals surface area contributed by atoms with Crippen molar-refractivity contribution in [3.8, 4) is 5.75 Å². The second-order valence-electron chi connectivity index (χ2n) is 7.59. The molecule has 8 heteroatoms. The van der Waals surface area contributed by atoms with Crippen LogP contribution in [0.1, 0.15) is 49.9 Å². The standard InChI is InChI=1S/C21H24N2O4S2/c1-13(2)23-19-10-8-16(12-20(19)28-21(23)24)29(25,26)22-18-6-4-5-14-11-15(27-3)7-9-17(14)18/h7-13,18,22H,4-6H2,1-3H3/t18-/m0/s1. The summed E-state index contributed by atoms with van der Waals surface area (Å²) in [5.74, 6) is 0.780. The topological polar surface area (TPSA) is 77.4 Å². The maximum Gasteiger partial charge on any atom is 0.308 e. The first kappa shape index (κ1) is 20.1. The molecule has 1 aliphatic rings. The number of fused-ring (bicyclic) bond motifs is 2. The Bertz CT molecular complexity index is 1230. The SMILES string of the molecule is COc1ccc2c(c1)CCC[C@@H]2NS(=O)(=O)c1ccc2c(c1)sc(=O)n2C(C)C. The Labute approximate surface area is 174 Å². The molecule has 0 amide bonds. The van der Waals surface area contributed by atoms with Gasteiger partial charge in [-0.1, -0.05) is 17.4 Å². The Kier molecular flexibility index (Phi) is 5.27. The molecular formula is C21H24N2O4S2. The fourth-order valence-corrected chi connectivity index (χ4v) is 6.37. The van der Waals surface area contributed by atoms with Crippen LogP contribution in [0.3, 0.4) is 0 Å². The third kappa shape index (κ3) is 3.72. The van der Waals surface area contributed by atoms with Crippen molar-refractivity contribution >= 4 is 31.6 Å². The average molecular weight is 433 g/mol. The van der Waals surface area contributed by atoms with E-state index < -0.39 is 10.0 Å². The van der Waals surface area contributed by atoms with Crippen LogP contribution in [-0.4, -0.2) is 20.1 Å². The molecule has 0 bridgehead atoms. The van der Waals surface area contributed by atoms with Crippen LogP contribution in [0.2, 0.25) is 0 Å². The van der Waals surface area contributed by atoms with Gasteiger partial charge in [0.15, 0.2) is 0 Å². The molecule has 6 nitrogen and oxygen atoms in total. The Balaban J connectivity index is 1.67. The van der Waals surface area contributed by atoms with Gasteiger partial charge in [0.2, 0.25) is 10.0 Å². The molecule has 0 radical (unpaired) electrons. The second-order valence-corrected chi connectivity index (χ2v) is 10.3. The molecule has 1 aliphatic carbocycles. The van der Waals surface area contributed by atoms with E-state index in [1.807, 2.05) is 32.0 Å². The fraction of sp³-hybridized carbons (Fsp3) is 0.381. The predicted octanol–water partition coefficient (Wildman–Crippen LogP) is 4.01. The predicted molar refractivity (Wildman–Crippen MR) is 115 cm³/mol. The summed E-state index contributed by atoms with van der Waals surface area (Å²) in [5, 5.41) is 0. The highest BCUT2D eigenvalue weighted by Crippen LogP contribution is 2.33. The second kappa shape index (κ2) is 7.59. The van der Waals surface area contributed by atoms with Crippen molar-refractivity contribution in [1.82, 2.24) is 9.29 Å². The zero-order valence-corrected chi connectivity index (χ0v) is 18.3. The maximum absolute atomic E-state index is 13.1.